The highest BCUT2D eigenvalue weighted by Gasteiger charge is 2.21. The van der Waals surface area contributed by atoms with Crippen LogP contribution in [-0.4, -0.2) is 5.97 Å². The zero-order valence-electron chi connectivity index (χ0n) is 17.4. The Bertz CT molecular complexity index is 1030. The molecule has 5 heteroatoms. The lowest BCUT2D eigenvalue weighted by atomic mass is 9.95. The van der Waals surface area contributed by atoms with Gasteiger partial charge in [-0.2, -0.15) is 0 Å². The van der Waals surface area contributed by atoms with Crippen LogP contribution in [0.15, 0.2) is 78.9 Å². The van der Waals surface area contributed by atoms with Gasteiger partial charge >= 0.3 is 5.97 Å². The predicted molar refractivity (Wildman–Crippen MR) is 116 cm³/mol. The van der Waals surface area contributed by atoms with Gasteiger partial charge in [-0.05, 0) is 53.9 Å². The quantitative estimate of drug-likeness (QED) is 0.375. The minimum absolute atomic E-state index is 0.0261. The maximum absolute atomic E-state index is 14.2. The van der Waals surface area contributed by atoms with Gasteiger partial charge in [0.25, 0.3) is 0 Å². The van der Waals surface area contributed by atoms with Crippen molar-refractivity contribution in [1.29, 1.82) is 0 Å². The number of hydrogen-bond donors (Lipinski definition) is 0. The summed E-state index contributed by atoms with van der Waals surface area (Å²) in [4.78, 5) is 12.6. The van der Waals surface area contributed by atoms with Crippen LogP contribution in [0.3, 0.4) is 0 Å². The van der Waals surface area contributed by atoms with Crippen LogP contribution in [0.4, 0.5) is 8.78 Å². The Balaban J connectivity index is 1.66. The molecule has 160 valence electrons. The van der Waals surface area contributed by atoms with Crippen LogP contribution < -0.4 is 4.74 Å². The first-order valence-corrected chi connectivity index (χ1v) is 10.0. The van der Waals surface area contributed by atoms with E-state index in [2.05, 4.69) is 0 Å². The van der Waals surface area contributed by atoms with Crippen LogP contribution in [0, 0.1) is 23.5 Å². The second kappa shape index (κ2) is 10.5. The molecular formula is C26H24F2O3. The molecule has 0 aliphatic heterocycles. The molecule has 3 rings (SSSR count). The van der Waals surface area contributed by atoms with E-state index < -0.39 is 17.7 Å². The molecule has 3 nitrogen and oxygen atoms in total. The summed E-state index contributed by atoms with van der Waals surface area (Å²) < 4.78 is 38.4. The van der Waals surface area contributed by atoms with Crippen LogP contribution in [0.2, 0.25) is 0 Å². The zero-order valence-corrected chi connectivity index (χ0v) is 17.4. The molecule has 3 aromatic carbocycles. The second-order valence-corrected chi connectivity index (χ2v) is 7.46. The molecule has 3 aromatic rings. The fraction of sp³-hybridized carbons (Fsp3) is 0.192. The van der Waals surface area contributed by atoms with Crippen LogP contribution in [0.5, 0.6) is 11.5 Å². The molecular weight excluding hydrogens is 398 g/mol. The van der Waals surface area contributed by atoms with Gasteiger partial charge in [0.05, 0.1) is 5.92 Å². The smallest absolute Gasteiger partial charge is 0.313 e. The van der Waals surface area contributed by atoms with Crippen molar-refractivity contribution in [3.63, 3.8) is 0 Å². The van der Waals surface area contributed by atoms with Gasteiger partial charge in [-0.15, -0.1) is 0 Å². The summed E-state index contributed by atoms with van der Waals surface area (Å²) in [6.07, 6.45) is 3.48. The maximum atomic E-state index is 14.2. The fourth-order valence-corrected chi connectivity index (χ4v) is 2.96. The Morgan fingerprint density at radius 3 is 2.32 bits per heavy atom. The first-order chi connectivity index (χ1) is 14.9. The average Bonchev–Trinajstić information content (AvgIpc) is 2.76. The Kier molecular flexibility index (Phi) is 7.55. The first kappa shape index (κ1) is 22.2. The molecule has 0 saturated carbocycles. The number of benzene rings is 3. The minimum atomic E-state index is -0.517. The Labute approximate surface area is 180 Å². The fourth-order valence-electron chi connectivity index (χ4n) is 2.96. The average molecular weight is 422 g/mol. The van der Waals surface area contributed by atoms with E-state index in [1.54, 1.807) is 36.4 Å². The molecule has 0 N–H and O–H groups in total. The van der Waals surface area contributed by atoms with Crippen molar-refractivity contribution >= 4 is 12.0 Å². The van der Waals surface area contributed by atoms with Crippen molar-refractivity contribution in [2.24, 2.45) is 11.8 Å². The third kappa shape index (κ3) is 6.51. The Morgan fingerprint density at radius 2 is 1.65 bits per heavy atom. The van der Waals surface area contributed by atoms with E-state index in [4.69, 9.17) is 9.47 Å². The summed E-state index contributed by atoms with van der Waals surface area (Å²) in [5.74, 6) is -0.715. The SMILES string of the molecule is CC(C)C(/C=C/c1ccc(F)cc1)C(=O)OCc1cc(Oc2ccccc2)ccc1F. The van der Waals surface area contributed by atoms with E-state index in [1.165, 1.54) is 30.3 Å². The van der Waals surface area contributed by atoms with Crippen molar-refractivity contribution in [3.05, 3.63) is 102 Å². The number of hydrogen-bond acceptors (Lipinski definition) is 3. The lowest BCUT2D eigenvalue weighted by Gasteiger charge is -2.16. The predicted octanol–water partition coefficient (Wildman–Crippen LogP) is 6.79. The van der Waals surface area contributed by atoms with E-state index in [0.717, 1.165) is 5.56 Å². The van der Waals surface area contributed by atoms with Gasteiger partial charge in [-0.1, -0.05) is 56.3 Å². The molecule has 0 aromatic heterocycles. The summed E-state index contributed by atoms with van der Waals surface area (Å²) in [5, 5.41) is 0. The Hall–Kier alpha value is -3.47. The van der Waals surface area contributed by atoms with Gasteiger partial charge in [0, 0.05) is 5.56 Å². The topological polar surface area (TPSA) is 35.5 Å². The molecule has 0 saturated heterocycles. The van der Waals surface area contributed by atoms with Crippen LogP contribution >= 0.6 is 0 Å². The standard InChI is InChI=1S/C26H24F2O3/c1-18(2)24(14-10-19-8-11-21(27)12-9-19)26(29)30-17-20-16-23(13-15-25(20)28)31-22-6-4-3-5-7-22/h3-16,18,24H,17H2,1-2H3/b14-10+. The summed E-state index contributed by atoms with van der Waals surface area (Å²) in [6.45, 7) is 3.59. The molecule has 0 heterocycles. The highest BCUT2D eigenvalue weighted by molar-refractivity contribution is 5.76. The van der Waals surface area contributed by atoms with Crippen molar-refractivity contribution in [2.75, 3.05) is 0 Å². The van der Waals surface area contributed by atoms with Gasteiger partial charge in [-0.3, -0.25) is 4.79 Å². The molecule has 0 bridgehead atoms. The molecule has 1 unspecified atom stereocenters. The number of carbonyl (C=O) groups is 1. The zero-order chi connectivity index (χ0) is 22.2. The number of carbonyl (C=O) groups excluding carboxylic acids is 1. The number of halogens is 2. The highest BCUT2D eigenvalue weighted by atomic mass is 19.1. The van der Waals surface area contributed by atoms with Crippen molar-refractivity contribution in [3.8, 4) is 11.5 Å². The molecule has 1 atom stereocenters. The normalized spacial score (nSPS) is 12.2. The van der Waals surface area contributed by atoms with Crippen LogP contribution in [0.25, 0.3) is 6.08 Å². The van der Waals surface area contributed by atoms with Crippen LogP contribution in [0.1, 0.15) is 25.0 Å². The summed E-state index contributed by atoms with van der Waals surface area (Å²) in [6, 6.07) is 19.4. The Morgan fingerprint density at radius 1 is 0.935 bits per heavy atom. The molecule has 0 aliphatic rings. The molecule has 0 amide bonds. The van der Waals surface area contributed by atoms with E-state index in [0.29, 0.717) is 11.5 Å². The lowest BCUT2D eigenvalue weighted by molar-refractivity contribution is -0.149. The molecule has 0 radical (unpaired) electrons. The third-order valence-electron chi connectivity index (χ3n) is 4.72. The monoisotopic (exact) mass is 422 g/mol. The van der Waals surface area contributed by atoms with E-state index in [-0.39, 0.29) is 23.9 Å². The summed E-state index contributed by atoms with van der Waals surface area (Å²) in [5.41, 5.74) is 1.00. The third-order valence-corrected chi connectivity index (χ3v) is 4.72. The maximum Gasteiger partial charge on any atom is 0.313 e. The summed E-state index contributed by atoms with van der Waals surface area (Å²) in [7, 11) is 0. The van der Waals surface area contributed by atoms with Crippen molar-refractivity contribution < 1.29 is 23.0 Å². The molecule has 0 fully saturated rings. The van der Waals surface area contributed by atoms with Gasteiger partial charge in [-0.25, -0.2) is 8.78 Å². The van der Waals surface area contributed by atoms with Crippen molar-refractivity contribution in [1.82, 2.24) is 0 Å². The molecule has 0 spiro atoms. The molecule has 0 aliphatic carbocycles. The number of rotatable bonds is 8. The second-order valence-electron chi connectivity index (χ2n) is 7.46. The minimum Gasteiger partial charge on any atom is -0.460 e. The van der Waals surface area contributed by atoms with Gasteiger partial charge in [0.15, 0.2) is 0 Å². The van der Waals surface area contributed by atoms with E-state index in [9.17, 15) is 13.6 Å². The highest BCUT2D eigenvalue weighted by Crippen LogP contribution is 2.25. The van der Waals surface area contributed by atoms with E-state index in [1.807, 2.05) is 32.0 Å². The summed E-state index contributed by atoms with van der Waals surface area (Å²) >= 11 is 0. The number of esters is 1. The van der Waals surface area contributed by atoms with Gasteiger partial charge < -0.3 is 9.47 Å². The lowest BCUT2D eigenvalue weighted by Crippen LogP contribution is -2.21. The van der Waals surface area contributed by atoms with Gasteiger partial charge in [0.1, 0.15) is 29.7 Å². The van der Waals surface area contributed by atoms with Crippen LogP contribution in [-0.2, 0) is 16.1 Å². The first-order valence-electron chi connectivity index (χ1n) is 10.0. The largest absolute Gasteiger partial charge is 0.460 e. The molecule has 31 heavy (non-hydrogen) atoms. The number of ether oxygens (including phenoxy) is 2. The van der Waals surface area contributed by atoms with Crippen molar-refractivity contribution in [2.45, 2.75) is 20.5 Å². The van der Waals surface area contributed by atoms with E-state index >= 15 is 0 Å². The number of para-hydroxylation sites is 1. The van der Waals surface area contributed by atoms with Gasteiger partial charge in [0.2, 0.25) is 0 Å².